The van der Waals surface area contributed by atoms with Gasteiger partial charge in [-0.25, -0.2) is 0 Å². The van der Waals surface area contributed by atoms with E-state index in [4.69, 9.17) is 0 Å². The average molecular weight is 352 g/mol. The molecule has 2 aromatic carbocycles. The molecule has 0 amide bonds. The number of hydrogen-bond acceptors (Lipinski definition) is 1. The van der Waals surface area contributed by atoms with Gasteiger partial charge in [0.1, 0.15) is 0 Å². The number of hydrogen-bond donors (Lipinski definition) is 1. The van der Waals surface area contributed by atoms with Crippen LogP contribution in [0.2, 0.25) is 0 Å². The predicted molar refractivity (Wildman–Crippen MR) is 83.7 cm³/mol. The number of rotatable bonds is 3. The van der Waals surface area contributed by atoms with Gasteiger partial charge in [0, 0.05) is 9.99 Å². The fourth-order valence-corrected chi connectivity index (χ4v) is 2.51. The summed E-state index contributed by atoms with van der Waals surface area (Å²) in [5.41, 5.74) is 4.59. The minimum Gasteiger partial charge on any atom is -0.388 e. The van der Waals surface area contributed by atoms with Crippen LogP contribution in [0.5, 0.6) is 0 Å². The Morgan fingerprint density at radius 3 is 2.33 bits per heavy atom. The highest BCUT2D eigenvalue weighted by Gasteiger charge is 2.11. The Balaban J connectivity index is 2.16. The van der Waals surface area contributed by atoms with E-state index in [1.165, 1.54) is 14.7 Å². The van der Waals surface area contributed by atoms with Crippen molar-refractivity contribution in [3.63, 3.8) is 0 Å². The molecule has 0 aliphatic carbocycles. The van der Waals surface area contributed by atoms with Gasteiger partial charge in [-0.2, -0.15) is 0 Å². The van der Waals surface area contributed by atoms with Gasteiger partial charge < -0.3 is 5.11 Å². The standard InChI is InChI=1S/C16H17IO/c1-11-3-8-15(12(2)9-11)16(18)10-13-4-6-14(17)7-5-13/h3-9,16,18H,10H2,1-2H3. The Bertz CT molecular complexity index is 531. The molecule has 0 aliphatic rings. The first-order chi connectivity index (χ1) is 8.56. The molecule has 2 heteroatoms. The Hall–Kier alpha value is -0.870. The van der Waals surface area contributed by atoms with Crippen molar-refractivity contribution in [3.8, 4) is 0 Å². The highest BCUT2D eigenvalue weighted by molar-refractivity contribution is 14.1. The zero-order valence-corrected chi connectivity index (χ0v) is 12.8. The van der Waals surface area contributed by atoms with Gasteiger partial charge in [-0.1, -0.05) is 35.9 Å². The smallest absolute Gasteiger partial charge is 0.0832 e. The molecule has 0 saturated carbocycles. The van der Waals surface area contributed by atoms with E-state index in [2.05, 4.69) is 72.8 Å². The fourth-order valence-electron chi connectivity index (χ4n) is 2.15. The quantitative estimate of drug-likeness (QED) is 0.822. The maximum atomic E-state index is 10.3. The minimum absolute atomic E-state index is 0.425. The molecule has 0 aliphatic heterocycles. The molecule has 0 radical (unpaired) electrons. The van der Waals surface area contributed by atoms with E-state index in [1.807, 2.05) is 6.07 Å². The van der Waals surface area contributed by atoms with Crippen molar-refractivity contribution < 1.29 is 5.11 Å². The molecule has 0 spiro atoms. The topological polar surface area (TPSA) is 20.2 Å². The van der Waals surface area contributed by atoms with E-state index in [0.29, 0.717) is 6.42 Å². The number of aryl methyl sites for hydroxylation is 2. The third-order valence-corrected chi connectivity index (χ3v) is 3.85. The van der Waals surface area contributed by atoms with E-state index in [9.17, 15) is 5.11 Å². The Morgan fingerprint density at radius 2 is 1.72 bits per heavy atom. The third-order valence-electron chi connectivity index (χ3n) is 3.13. The second kappa shape index (κ2) is 5.85. The highest BCUT2D eigenvalue weighted by atomic mass is 127. The first kappa shape index (κ1) is 13.6. The van der Waals surface area contributed by atoms with Gasteiger partial charge in [-0.15, -0.1) is 0 Å². The maximum Gasteiger partial charge on any atom is 0.0832 e. The molecule has 0 heterocycles. The van der Waals surface area contributed by atoms with Crippen LogP contribution in [0.3, 0.4) is 0 Å². The monoisotopic (exact) mass is 352 g/mol. The molecule has 0 fully saturated rings. The largest absolute Gasteiger partial charge is 0.388 e. The van der Waals surface area contributed by atoms with Crippen molar-refractivity contribution in [3.05, 3.63) is 68.3 Å². The Morgan fingerprint density at radius 1 is 1.06 bits per heavy atom. The van der Waals surface area contributed by atoms with Crippen molar-refractivity contribution in [2.45, 2.75) is 26.4 Å². The molecule has 1 unspecified atom stereocenters. The third kappa shape index (κ3) is 3.33. The molecule has 0 aromatic heterocycles. The van der Waals surface area contributed by atoms with Gasteiger partial charge in [-0.05, 0) is 65.3 Å². The number of aliphatic hydroxyl groups is 1. The molecular weight excluding hydrogens is 335 g/mol. The second-order valence-corrected chi connectivity index (χ2v) is 5.95. The fraction of sp³-hybridized carbons (Fsp3) is 0.250. The van der Waals surface area contributed by atoms with Crippen LogP contribution < -0.4 is 0 Å². The molecule has 18 heavy (non-hydrogen) atoms. The van der Waals surface area contributed by atoms with Gasteiger partial charge in [0.2, 0.25) is 0 Å². The van der Waals surface area contributed by atoms with E-state index in [1.54, 1.807) is 0 Å². The van der Waals surface area contributed by atoms with E-state index >= 15 is 0 Å². The van der Waals surface area contributed by atoms with Crippen LogP contribution in [-0.2, 0) is 6.42 Å². The van der Waals surface area contributed by atoms with Crippen LogP contribution in [0.15, 0.2) is 42.5 Å². The van der Waals surface area contributed by atoms with Crippen LogP contribution in [-0.4, -0.2) is 5.11 Å². The normalized spacial score (nSPS) is 12.4. The van der Waals surface area contributed by atoms with E-state index in [-0.39, 0.29) is 0 Å². The summed E-state index contributed by atoms with van der Waals surface area (Å²) in [6.45, 7) is 4.13. The second-order valence-electron chi connectivity index (χ2n) is 4.71. The summed E-state index contributed by atoms with van der Waals surface area (Å²) in [5, 5.41) is 10.3. The van der Waals surface area contributed by atoms with Gasteiger partial charge >= 0.3 is 0 Å². The average Bonchev–Trinajstić information content (AvgIpc) is 2.32. The molecule has 1 atom stereocenters. The Kier molecular flexibility index (Phi) is 4.40. The lowest BCUT2D eigenvalue weighted by Crippen LogP contribution is -2.04. The lowest BCUT2D eigenvalue weighted by Gasteiger charge is -2.14. The van der Waals surface area contributed by atoms with E-state index in [0.717, 1.165) is 11.1 Å². The van der Waals surface area contributed by atoms with Crippen molar-refractivity contribution >= 4 is 22.6 Å². The summed E-state index contributed by atoms with van der Waals surface area (Å²) in [6.07, 6.45) is 0.242. The van der Waals surface area contributed by atoms with E-state index < -0.39 is 6.10 Å². The van der Waals surface area contributed by atoms with Gasteiger partial charge in [0.25, 0.3) is 0 Å². The summed E-state index contributed by atoms with van der Waals surface area (Å²) in [6, 6.07) is 14.5. The molecular formula is C16H17IO. The van der Waals surface area contributed by atoms with Crippen LogP contribution in [0.25, 0.3) is 0 Å². The summed E-state index contributed by atoms with van der Waals surface area (Å²) in [4.78, 5) is 0. The molecule has 1 nitrogen and oxygen atoms in total. The maximum absolute atomic E-state index is 10.3. The summed E-state index contributed by atoms with van der Waals surface area (Å²) in [5.74, 6) is 0. The minimum atomic E-state index is -0.425. The zero-order valence-electron chi connectivity index (χ0n) is 10.7. The molecule has 94 valence electrons. The number of benzene rings is 2. The SMILES string of the molecule is Cc1ccc(C(O)Cc2ccc(I)cc2)c(C)c1. The molecule has 0 bridgehead atoms. The Labute approximate surface area is 122 Å². The van der Waals surface area contributed by atoms with Crippen molar-refractivity contribution in [1.82, 2.24) is 0 Å². The van der Waals surface area contributed by atoms with Gasteiger partial charge in [0.05, 0.1) is 6.10 Å². The molecule has 1 N–H and O–H groups in total. The number of aliphatic hydroxyl groups excluding tert-OH is 1. The van der Waals surface area contributed by atoms with Gasteiger partial charge in [0.15, 0.2) is 0 Å². The molecule has 2 aromatic rings. The van der Waals surface area contributed by atoms with Crippen LogP contribution in [0.1, 0.15) is 28.4 Å². The highest BCUT2D eigenvalue weighted by Crippen LogP contribution is 2.22. The zero-order chi connectivity index (χ0) is 13.1. The predicted octanol–water partition coefficient (Wildman–Crippen LogP) is 4.18. The van der Waals surface area contributed by atoms with Crippen molar-refractivity contribution in [2.75, 3.05) is 0 Å². The summed E-state index contributed by atoms with van der Waals surface area (Å²) >= 11 is 2.29. The van der Waals surface area contributed by atoms with Crippen LogP contribution >= 0.6 is 22.6 Å². The number of halogens is 1. The van der Waals surface area contributed by atoms with Gasteiger partial charge in [-0.3, -0.25) is 0 Å². The lowest BCUT2D eigenvalue weighted by molar-refractivity contribution is 0.177. The van der Waals surface area contributed by atoms with Crippen molar-refractivity contribution in [2.24, 2.45) is 0 Å². The summed E-state index contributed by atoms with van der Waals surface area (Å²) < 4.78 is 1.22. The first-order valence-electron chi connectivity index (χ1n) is 6.06. The lowest BCUT2D eigenvalue weighted by atomic mass is 9.96. The molecule has 0 saturated heterocycles. The first-order valence-corrected chi connectivity index (χ1v) is 7.14. The summed E-state index contributed by atoms with van der Waals surface area (Å²) in [7, 11) is 0. The van der Waals surface area contributed by atoms with Crippen LogP contribution in [0, 0.1) is 17.4 Å². The van der Waals surface area contributed by atoms with Crippen molar-refractivity contribution in [1.29, 1.82) is 0 Å². The van der Waals surface area contributed by atoms with Crippen LogP contribution in [0.4, 0.5) is 0 Å². The molecule has 2 rings (SSSR count).